The average Bonchev–Trinajstić information content (AvgIpc) is 3.13. The lowest BCUT2D eigenvalue weighted by Crippen LogP contribution is -2.60. The summed E-state index contributed by atoms with van der Waals surface area (Å²) in [6, 6.07) is 6.39. The van der Waals surface area contributed by atoms with E-state index in [2.05, 4.69) is 0 Å². The third-order valence-electron chi connectivity index (χ3n) is 5.56. The highest BCUT2D eigenvalue weighted by atomic mass is 16.7. The third kappa shape index (κ3) is 3.83. The van der Waals surface area contributed by atoms with Gasteiger partial charge in [0.2, 0.25) is 0 Å². The van der Waals surface area contributed by atoms with Gasteiger partial charge >= 0.3 is 5.63 Å². The van der Waals surface area contributed by atoms with Gasteiger partial charge in [-0.1, -0.05) is 0 Å². The summed E-state index contributed by atoms with van der Waals surface area (Å²) in [5, 5.41) is 50.6. The first kappa shape index (κ1) is 21.2. The Hall–Kier alpha value is -2.05. The molecule has 0 spiro atoms. The van der Waals surface area contributed by atoms with Gasteiger partial charge in [-0.05, 0) is 24.6 Å². The molecule has 164 valence electrons. The molecule has 1 saturated heterocycles. The van der Waals surface area contributed by atoms with E-state index in [1.807, 2.05) is 6.07 Å². The summed E-state index contributed by atoms with van der Waals surface area (Å²) in [5.41, 5.74) is -0.782. The van der Waals surface area contributed by atoms with Crippen LogP contribution in [0.2, 0.25) is 0 Å². The molecule has 1 aromatic carbocycles. The minimum absolute atomic E-state index is 0.317. The number of benzene rings is 1. The van der Waals surface area contributed by atoms with Crippen LogP contribution >= 0.6 is 0 Å². The molecule has 0 saturated carbocycles. The van der Waals surface area contributed by atoms with Gasteiger partial charge in [-0.15, -0.1) is 0 Å². The van der Waals surface area contributed by atoms with E-state index >= 15 is 0 Å². The van der Waals surface area contributed by atoms with Gasteiger partial charge < -0.3 is 44.2 Å². The maximum Gasteiger partial charge on any atom is 0.336 e. The van der Waals surface area contributed by atoms with Crippen LogP contribution in [0.4, 0.5) is 0 Å². The number of hydrogen-bond donors (Lipinski definition) is 5. The summed E-state index contributed by atoms with van der Waals surface area (Å²) in [6.07, 6.45) is -7.41. The van der Waals surface area contributed by atoms with Crippen LogP contribution in [0.1, 0.15) is 12.5 Å². The van der Waals surface area contributed by atoms with Crippen molar-refractivity contribution in [2.45, 2.75) is 55.8 Å². The summed E-state index contributed by atoms with van der Waals surface area (Å²) in [5.74, 6) is 0.481. The van der Waals surface area contributed by atoms with E-state index in [4.69, 9.17) is 18.6 Å². The molecular weight excluding hydrogens is 400 g/mol. The molecule has 7 atom stereocenters. The Morgan fingerprint density at radius 3 is 2.67 bits per heavy atom. The molecule has 4 rings (SSSR count). The van der Waals surface area contributed by atoms with E-state index in [0.717, 1.165) is 10.9 Å². The third-order valence-corrected chi connectivity index (χ3v) is 5.56. The second-order valence-electron chi connectivity index (χ2n) is 7.93. The molecular formula is C20H24O10. The van der Waals surface area contributed by atoms with Crippen LogP contribution in [-0.4, -0.2) is 81.2 Å². The van der Waals surface area contributed by atoms with Crippen molar-refractivity contribution in [3.63, 3.8) is 0 Å². The molecule has 0 amide bonds. The normalized spacial score (nSPS) is 33.1. The number of rotatable bonds is 5. The second kappa shape index (κ2) is 7.89. The Balaban J connectivity index is 1.45. The molecule has 5 N–H and O–H groups in total. The summed E-state index contributed by atoms with van der Waals surface area (Å²) < 4.78 is 21.8. The van der Waals surface area contributed by atoms with Gasteiger partial charge in [-0.2, -0.15) is 0 Å². The minimum atomic E-state index is -1.57. The van der Waals surface area contributed by atoms with Crippen molar-refractivity contribution < 1.29 is 44.2 Å². The Labute approximate surface area is 170 Å². The van der Waals surface area contributed by atoms with E-state index in [0.29, 0.717) is 17.8 Å². The fraction of sp³-hybridized carbons (Fsp3) is 0.550. The molecule has 1 fully saturated rings. The molecule has 0 bridgehead atoms. The van der Waals surface area contributed by atoms with Crippen LogP contribution in [0.5, 0.6) is 5.75 Å². The predicted molar refractivity (Wildman–Crippen MR) is 101 cm³/mol. The van der Waals surface area contributed by atoms with Crippen LogP contribution in [0.25, 0.3) is 11.0 Å². The second-order valence-corrected chi connectivity index (χ2v) is 7.93. The zero-order valence-corrected chi connectivity index (χ0v) is 16.2. The molecule has 0 unspecified atom stereocenters. The predicted octanol–water partition coefficient (Wildman–Crippen LogP) is -1.34. The molecule has 30 heavy (non-hydrogen) atoms. The highest BCUT2D eigenvalue weighted by Crippen LogP contribution is 2.36. The largest absolute Gasteiger partial charge is 0.487 e. The van der Waals surface area contributed by atoms with Crippen molar-refractivity contribution in [1.29, 1.82) is 0 Å². The van der Waals surface area contributed by atoms with E-state index in [1.54, 1.807) is 12.1 Å². The molecule has 1 aromatic heterocycles. The minimum Gasteiger partial charge on any atom is -0.487 e. The quantitative estimate of drug-likeness (QED) is 0.364. The van der Waals surface area contributed by atoms with E-state index in [9.17, 15) is 30.3 Å². The van der Waals surface area contributed by atoms with Gasteiger partial charge in [0.25, 0.3) is 0 Å². The van der Waals surface area contributed by atoms with Crippen molar-refractivity contribution in [2.24, 2.45) is 0 Å². The lowest BCUT2D eigenvalue weighted by Gasteiger charge is -2.40. The standard InChI is InChI=1S/C20H24O10/c1-20(26,8-27-19-18(25)17(24)16(23)13(7-21)30-19)14-5-10-4-9-2-3-15(22)29-11(9)6-12(10)28-14/h2-4,6,13-14,16-19,21,23-26H,5,7-8H2,1H3/t13-,14+,16-,17+,18-,19-,20-/m1/s1. The molecule has 2 aliphatic rings. The fourth-order valence-corrected chi connectivity index (χ4v) is 3.70. The number of ether oxygens (including phenoxy) is 3. The molecule has 3 heterocycles. The highest BCUT2D eigenvalue weighted by molar-refractivity contribution is 5.79. The summed E-state index contributed by atoms with van der Waals surface area (Å²) >= 11 is 0. The van der Waals surface area contributed by atoms with Crippen molar-refractivity contribution in [3.05, 3.63) is 40.2 Å². The van der Waals surface area contributed by atoms with Crippen LogP contribution in [0.15, 0.2) is 33.5 Å². The molecule has 0 aliphatic carbocycles. The van der Waals surface area contributed by atoms with Gasteiger partial charge in [0.05, 0.1) is 13.2 Å². The van der Waals surface area contributed by atoms with Gasteiger partial charge in [0, 0.05) is 23.9 Å². The maximum atomic E-state index is 11.4. The van der Waals surface area contributed by atoms with Crippen molar-refractivity contribution in [1.82, 2.24) is 0 Å². The average molecular weight is 424 g/mol. The number of aliphatic hydroxyl groups is 5. The summed E-state index contributed by atoms with van der Waals surface area (Å²) in [7, 11) is 0. The number of aliphatic hydroxyl groups excluding tert-OH is 4. The number of fused-ring (bicyclic) bond motifs is 2. The number of hydrogen-bond acceptors (Lipinski definition) is 10. The zero-order valence-electron chi connectivity index (χ0n) is 16.2. The van der Waals surface area contributed by atoms with E-state index in [-0.39, 0.29) is 6.61 Å². The van der Waals surface area contributed by atoms with Gasteiger partial charge in [-0.3, -0.25) is 0 Å². The maximum absolute atomic E-state index is 11.4. The van der Waals surface area contributed by atoms with Gasteiger partial charge in [-0.25, -0.2) is 4.79 Å². The lowest BCUT2D eigenvalue weighted by molar-refractivity contribution is -0.310. The molecule has 2 aliphatic heterocycles. The monoisotopic (exact) mass is 424 g/mol. The van der Waals surface area contributed by atoms with Crippen LogP contribution in [0.3, 0.4) is 0 Å². The van der Waals surface area contributed by atoms with Crippen LogP contribution in [-0.2, 0) is 15.9 Å². The van der Waals surface area contributed by atoms with Gasteiger partial charge in [0.15, 0.2) is 6.29 Å². The fourth-order valence-electron chi connectivity index (χ4n) is 3.70. The molecule has 2 aromatic rings. The Kier molecular flexibility index (Phi) is 5.58. The van der Waals surface area contributed by atoms with Crippen LogP contribution < -0.4 is 10.4 Å². The van der Waals surface area contributed by atoms with E-state index < -0.39 is 54.6 Å². The highest BCUT2D eigenvalue weighted by Gasteiger charge is 2.46. The SMILES string of the molecule is C[C@@](O)(CO[C@@H]1O[C@H](CO)[C@@H](O)[C@H](O)[C@H]1O)[C@@H]1Cc2cc3ccc(=O)oc3cc2O1. The van der Waals surface area contributed by atoms with Crippen molar-refractivity contribution >= 4 is 11.0 Å². The summed E-state index contributed by atoms with van der Waals surface area (Å²) in [4.78, 5) is 11.4. The topological polar surface area (TPSA) is 159 Å². The Morgan fingerprint density at radius 1 is 1.17 bits per heavy atom. The first-order chi connectivity index (χ1) is 14.2. The zero-order chi connectivity index (χ0) is 21.6. The van der Waals surface area contributed by atoms with Crippen molar-refractivity contribution in [3.8, 4) is 5.75 Å². The van der Waals surface area contributed by atoms with Gasteiger partial charge in [0.1, 0.15) is 47.5 Å². The first-order valence-corrected chi connectivity index (χ1v) is 9.57. The Bertz CT molecular complexity index is 968. The van der Waals surface area contributed by atoms with Crippen molar-refractivity contribution in [2.75, 3.05) is 13.2 Å². The smallest absolute Gasteiger partial charge is 0.336 e. The molecule has 10 heteroatoms. The summed E-state index contributed by atoms with van der Waals surface area (Å²) in [6.45, 7) is 0.599. The van der Waals surface area contributed by atoms with E-state index in [1.165, 1.54) is 13.0 Å². The first-order valence-electron chi connectivity index (χ1n) is 9.57. The molecule has 0 radical (unpaired) electrons. The molecule has 10 nitrogen and oxygen atoms in total. The Morgan fingerprint density at radius 2 is 1.93 bits per heavy atom. The van der Waals surface area contributed by atoms with Crippen LogP contribution in [0, 0.1) is 0 Å². The lowest BCUT2D eigenvalue weighted by atomic mass is 9.95.